The molecule has 1 atom stereocenters. The molecule has 2 aromatic carbocycles. The average molecular weight is 476 g/mol. The van der Waals surface area contributed by atoms with Crippen molar-refractivity contribution in [3.05, 3.63) is 75.2 Å². The SMILES string of the molecule is COc1ccc(-c2nc(C(=O)NCc3ccc(F)cc3F)c(C(C)OC(N)=O)o2)cc1[N+](=O)[O-]. The minimum Gasteiger partial charge on any atom is -0.490 e. The molecule has 3 N–H and O–H groups in total. The van der Waals surface area contributed by atoms with Crippen molar-refractivity contribution < 1.29 is 37.2 Å². The summed E-state index contributed by atoms with van der Waals surface area (Å²) in [7, 11) is 1.26. The number of amides is 2. The minimum atomic E-state index is -1.16. The second-order valence-electron chi connectivity index (χ2n) is 6.87. The van der Waals surface area contributed by atoms with Crippen LogP contribution in [0.25, 0.3) is 11.5 Å². The van der Waals surface area contributed by atoms with Gasteiger partial charge < -0.3 is 24.9 Å². The van der Waals surface area contributed by atoms with Gasteiger partial charge in [-0.25, -0.2) is 18.6 Å². The number of oxazole rings is 1. The van der Waals surface area contributed by atoms with Crippen LogP contribution in [0.1, 0.15) is 34.8 Å². The first-order valence-corrected chi connectivity index (χ1v) is 9.62. The first kappa shape index (κ1) is 24.1. The zero-order chi connectivity index (χ0) is 25.0. The summed E-state index contributed by atoms with van der Waals surface area (Å²) < 4.78 is 42.4. The van der Waals surface area contributed by atoms with Crippen molar-refractivity contribution in [1.29, 1.82) is 0 Å². The molecule has 1 heterocycles. The number of hydrogen-bond donors (Lipinski definition) is 2. The van der Waals surface area contributed by atoms with E-state index in [1.165, 1.54) is 26.2 Å². The van der Waals surface area contributed by atoms with Crippen LogP contribution in [0.15, 0.2) is 40.8 Å². The normalized spacial score (nSPS) is 11.5. The molecule has 0 aliphatic rings. The van der Waals surface area contributed by atoms with Crippen LogP contribution in [0.4, 0.5) is 19.3 Å². The van der Waals surface area contributed by atoms with E-state index in [4.69, 9.17) is 19.6 Å². The highest BCUT2D eigenvalue weighted by Gasteiger charge is 2.28. The zero-order valence-electron chi connectivity index (χ0n) is 17.8. The number of nitrogens with zero attached hydrogens (tertiary/aromatic N) is 2. The third kappa shape index (κ3) is 5.26. The van der Waals surface area contributed by atoms with Crippen molar-refractivity contribution in [2.24, 2.45) is 5.73 Å². The van der Waals surface area contributed by atoms with E-state index in [0.717, 1.165) is 18.2 Å². The lowest BCUT2D eigenvalue weighted by Crippen LogP contribution is -2.26. The molecule has 13 heteroatoms. The standard InChI is InChI=1S/C21H18F2N4O7/c1-10(33-21(24)29)18-17(19(28)25-9-12-3-5-13(22)8-14(12)23)26-20(34-18)11-4-6-16(32-2)15(7-11)27(30)31/h3-8,10H,9H2,1-2H3,(H2,24,29)(H,25,28). The Kier molecular flexibility index (Phi) is 7.04. The molecule has 0 saturated heterocycles. The molecule has 0 spiro atoms. The fourth-order valence-electron chi connectivity index (χ4n) is 3.01. The summed E-state index contributed by atoms with van der Waals surface area (Å²) in [5.41, 5.74) is 4.47. The van der Waals surface area contributed by atoms with Crippen molar-refractivity contribution in [1.82, 2.24) is 10.3 Å². The maximum Gasteiger partial charge on any atom is 0.405 e. The zero-order valence-corrected chi connectivity index (χ0v) is 17.8. The Hall–Kier alpha value is -4.55. The molecule has 0 aliphatic carbocycles. The van der Waals surface area contributed by atoms with E-state index in [2.05, 4.69) is 10.3 Å². The van der Waals surface area contributed by atoms with Gasteiger partial charge in [-0.1, -0.05) is 6.07 Å². The number of primary amides is 1. The molecular formula is C21H18F2N4O7. The summed E-state index contributed by atoms with van der Waals surface area (Å²) in [5.74, 6) is -2.88. The maximum absolute atomic E-state index is 13.9. The quantitative estimate of drug-likeness (QED) is 0.368. The number of carbonyl (C=O) groups excluding carboxylic acids is 2. The van der Waals surface area contributed by atoms with Gasteiger partial charge in [-0.05, 0) is 25.1 Å². The summed E-state index contributed by atoms with van der Waals surface area (Å²) in [5, 5.41) is 13.7. The van der Waals surface area contributed by atoms with Crippen molar-refractivity contribution in [3.63, 3.8) is 0 Å². The fourth-order valence-corrected chi connectivity index (χ4v) is 3.01. The van der Waals surface area contributed by atoms with Crippen molar-refractivity contribution in [3.8, 4) is 17.2 Å². The van der Waals surface area contributed by atoms with Gasteiger partial charge in [0.25, 0.3) is 5.91 Å². The Bertz CT molecular complexity index is 1260. The average Bonchev–Trinajstić information content (AvgIpc) is 3.23. The van der Waals surface area contributed by atoms with E-state index in [0.29, 0.717) is 6.07 Å². The number of nitro groups is 1. The van der Waals surface area contributed by atoms with Crippen LogP contribution in [-0.2, 0) is 11.3 Å². The summed E-state index contributed by atoms with van der Waals surface area (Å²) in [4.78, 5) is 38.7. The molecule has 3 aromatic rings. The maximum atomic E-state index is 13.9. The van der Waals surface area contributed by atoms with Crippen LogP contribution in [0.2, 0.25) is 0 Å². The van der Waals surface area contributed by atoms with E-state index in [9.17, 15) is 28.5 Å². The van der Waals surface area contributed by atoms with E-state index in [1.807, 2.05) is 0 Å². The van der Waals surface area contributed by atoms with Crippen LogP contribution >= 0.6 is 0 Å². The minimum absolute atomic E-state index is 0.00670. The molecule has 1 unspecified atom stereocenters. The number of rotatable bonds is 8. The Morgan fingerprint density at radius 3 is 2.62 bits per heavy atom. The number of nitro benzene ring substituents is 1. The Labute approximate surface area is 190 Å². The van der Waals surface area contributed by atoms with E-state index < -0.39 is 34.7 Å². The van der Waals surface area contributed by atoms with Gasteiger partial charge >= 0.3 is 11.8 Å². The van der Waals surface area contributed by atoms with Gasteiger partial charge in [0, 0.05) is 29.8 Å². The molecule has 1 aromatic heterocycles. The Morgan fingerprint density at radius 1 is 1.26 bits per heavy atom. The number of aromatic nitrogens is 1. The van der Waals surface area contributed by atoms with Gasteiger partial charge in [0.05, 0.1) is 12.0 Å². The summed E-state index contributed by atoms with van der Waals surface area (Å²) in [6, 6.07) is 6.72. The smallest absolute Gasteiger partial charge is 0.405 e. The predicted octanol–water partition coefficient (Wildman–Crippen LogP) is 3.62. The molecule has 11 nitrogen and oxygen atoms in total. The van der Waals surface area contributed by atoms with Crippen LogP contribution < -0.4 is 15.8 Å². The van der Waals surface area contributed by atoms with Crippen molar-refractivity contribution in [2.75, 3.05) is 7.11 Å². The summed E-state index contributed by atoms with van der Waals surface area (Å²) >= 11 is 0. The number of hydrogen-bond acceptors (Lipinski definition) is 8. The van der Waals surface area contributed by atoms with Crippen LogP contribution in [0, 0.1) is 21.7 Å². The largest absolute Gasteiger partial charge is 0.490 e. The monoisotopic (exact) mass is 476 g/mol. The molecule has 2 amide bonds. The Morgan fingerprint density at radius 2 is 2.00 bits per heavy atom. The highest BCUT2D eigenvalue weighted by molar-refractivity contribution is 5.94. The second kappa shape index (κ2) is 9.94. The van der Waals surface area contributed by atoms with E-state index in [-0.39, 0.29) is 46.5 Å². The predicted molar refractivity (Wildman–Crippen MR) is 112 cm³/mol. The highest BCUT2D eigenvalue weighted by atomic mass is 19.1. The molecular weight excluding hydrogens is 458 g/mol. The van der Waals surface area contributed by atoms with E-state index >= 15 is 0 Å². The third-order valence-electron chi connectivity index (χ3n) is 4.61. The highest BCUT2D eigenvalue weighted by Crippen LogP contribution is 2.34. The molecule has 0 radical (unpaired) electrons. The van der Waals surface area contributed by atoms with Gasteiger partial charge in [0.1, 0.15) is 11.6 Å². The molecule has 0 aliphatic heterocycles. The molecule has 34 heavy (non-hydrogen) atoms. The summed E-state index contributed by atoms with van der Waals surface area (Å²) in [6.45, 7) is 1.05. The third-order valence-corrected chi connectivity index (χ3v) is 4.61. The van der Waals surface area contributed by atoms with Gasteiger partial charge in [-0.15, -0.1) is 0 Å². The van der Waals surface area contributed by atoms with Gasteiger partial charge in [-0.3, -0.25) is 14.9 Å². The number of methoxy groups -OCH3 is 1. The first-order valence-electron chi connectivity index (χ1n) is 9.62. The molecule has 0 fully saturated rings. The number of nitrogens with two attached hydrogens (primary N) is 1. The lowest BCUT2D eigenvalue weighted by molar-refractivity contribution is -0.385. The van der Waals surface area contributed by atoms with Crippen LogP contribution in [0.5, 0.6) is 5.75 Å². The Balaban J connectivity index is 1.97. The van der Waals surface area contributed by atoms with Gasteiger partial charge in [0.2, 0.25) is 5.89 Å². The number of carbonyl (C=O) groups is 2. The van der Waals surface area contributed by atoms with Crippen molar-refractivity contribution >= 4 is 17.7 Å². The molecule has 0 bridgehead atoms. The van der Waals surface area contributed by atoms with Crippen LogP contribution in [0.3, 0.4) is 0 Å². The molecule has 178 valence electrons. The van der Waals surface area contributed by atoms with Gasteiger partial charge in [0.15, 0.2) is 23.3 Å². The van der Waals surface area contributed by atoms with Crippen molar-refractivity contribution in [2.45, 2.75) is 19.6 Å². The lowest BCUT2D eigenvalue weighted by atomic mass is 10.2. The topological polar surface area (TPSA) is 160 Å². The number of nitrogens with one attached hydrogen (secondary N) is 1. The number of benzene rings is 2. The molecule has 3 rings (SSSR count). The second-order valence-corrected chi connectivity index (χ2v) is 6.87. The van der Waals surface area contributed by atoms with Crippen LogP contribution in [-0.4, -0.2) is 29.0 Å². The first-order chi connectivity index (χ1) is 16.1. The van der Waals surface area contributed by atoms with Gasteiger partial charge in [-0.2, -0.15) is 0 Å². The number of ether oxygens (including phenoxy) is 2. The number of halogens is 2. The van der Waals surface area contributed by atoms with E-state index in [1.54, 1.807) is 0 Å². The molecule has 0 saturated carbocycles. The summed E-state index contributed by atoms with van der Waals surface area (Å²) in [6.07, 6.45) is -2.31. The fraction of sp³-hybridized carbons (Fsp3) is 0.190. The lowest BCUT2D eigenvalue weighted by Gasteiger charge is -2.10.